The van der Waals surface area contributed by atoms with E-state index in [4.69, 9.17) is 5.73 Å². The summed E-state index contributed by atoms with van der Waals surface area (Å²) >= 11 is 0. The molecule has 3 atom stereocenters. The second-order valence-electron chi connectivity index (χ2n) is 9.21. The quantitative estimate of drug-likeness (QED) is 0.474. The minimum Gasteiger partial charge on any atom is -0.384 e. The molecule has 1 saturated heterocycles. The molecule has 0 saturated carbocycles. The largest absolute Gasteiger partial charge is 0.384 e. The molecule has 0 bridgehead atoms. The monoisotopic (exact) mass is 507 g/mol. The normalized spacial score (nSPS) is 17.8. The number of pyridine rings is 1. The Morgan fingerprint density at radius 2 is 2.00 bits per heavy atom. The van der Waals surface area contributed by atoms with E-state index >= 15 is 0 Å². The lowest BCUT2D eigenvalue weighted by molar-refractivity contribution is -0.156. The van der Waals surface area contributed by atoms with Gasteiger partial charge in [0.15, 0.2) is 5.82 Å². The fourth-order valence-corrected chi connectivity index (χ4v) is 4.63. The minimum atomic E-state index is -1.06. The summed E-state index contributed by atoms with van der Waals surface area (Å²) in [5.74, 6) is -1.44. The molecule has 0 aliphatic carbocycles. The number of carbonyl (C=O) groups is 3. The van der Waals surface area contributed by atoms with Crippen LogP contribution in [0, 0.1) is 18.7 Å². The number of aromatic nitrogens is 3. The molecule has 4 amide bonds. The topological polar surface area (TPSA) is 126 Å². The van der Waals surface area contributed by atoms with Crippen LogP contribution < -0.4 is 16.0 Å². The third-order valence-corrected chi connectivity index (χ3v) is 6.68. The van der Waals surface area contributed by atoms with Gasteiger partial charge in [-0.3, -0.25) is 24.1 Å². The molecule has 1 aromatic carbocycles. The van der Waals surface area contributed by atoms with Crippen molar-refractivity contribution in [1.82, 2.24) is 25.0 Å². The van der Waals surface area contributed by atoms with Gasteiger partial charge >= 0.3 is 6.03 Å². The number of benzene rings is 1. The van der Waals surface area contributed by atoms with Gasteiger partial charge in [-0.25, -0.2) is 14.2 Å². The highest BCUT2D eigenvalue weighted by Gasteiger charge is 2.55. The number of β-lactam (4-membered cyclic amide) rings is 1. The maximum Gasteiger partial charge on any atom is 0.325 e. The molecule has 37 heavy (non-hydrogen) atoms. The highest BCUT2D eigenvalue weighted by atomic mass is 19.1. The number of aryl methyl sites for hydroxylation is 2. The average molecular weight is 508 g/mol. The van der Waals surface area contributed by atoms with Crippen molar-refractivity contribution >= 4 is 29.5 Å². The molecule has 10 nitrogen and oxygen atoms in total. The zero-order valence-electron chi connectivity index (χ0n) is 21.2. The summed E-state index contributed by atoms with van der Waals surface area (Å²) in [5, 5.41) is 7.08. The van der Waals surface area contributed by atoms with Crippen molar-refractivity contribution in [2.24, 2.45) is 13.0 Å². The van der Waals surface area contributed by atoms with Gasteiger partial charge in [-0.2, -0.15) is 5.10 Å². The van der Waals surface area contributed by atoms with Crippen molar-refractivity contribution in [2.45, 2.75) is 38.8 Å². The van der Waals surface area contributed by atoms with Crippen LogP contribution in [0.3, 0.4) is 0 Å². The number of imide groups is 1. The number of likely N-dealkylation sites (N-methyl/N-ethyl adjacent to an activating group) is 1. The van der Waals surface area contributed by atoms with E-state index in [1.165, 1.54) is 23.2 Å². The first-order chi connectivity index (χ1) is 17.6. The van der Waals surface area contributed by atoms with Crippen LogP contribution >= 0.6 is 0 Å². The number of nitrogens with two attached hydrogens (primary N) is 1. The number of likely N-dealkylation sites (tertiary alicyclic amines) is 1. The molecule has 0 unspecified atom stereocenters. The zero-order valence-corrected chi connectivity index (χ0v) is 21.2. The third-order valence-electron chi connectivity index (χ3n) is 6.68. The summed E-state index contributed by atoms with van der Waals surface area (Å²) < 4.78 is 15.5. The number of nitrogens with one attached hydrogen (secondary N) is 1. The van der Waals surface area contributed by atoms with E-state index in [9.17, 15) is 18.8 Å². The molecular formula is C26H30FN7O3. The third kappa shape index (κ3) is 5.16. The van der Waals surface area contributed by atoms with E-state index in [1.54, 1.807) is 49.2 Å². The van der Waals surface area contributed by atoms with E-state index < -0.39 is 41.7 Å². The molecule has 1 aliphatic rings. The summed E-state index contributed by atoms with van der Waals surface area (Å²) in [5.41, 5.74) is 7.93. The smallest absolute Gasteiger partial charge is 0.325 e. The van der Waals surface area contributed by atoms with Crippen LogP contribution in [0.25, 0.3) is 0 Å². The van der Waals surface area contributed by atoms with Gasteiger partial charge in [-0.1, -0.05) is 13.0 Å². The molecule has 0 radical (unpaired) electrons. The van der Waals surface area contributed by atoms with E-state index in [0.29, 0.717) is 23.6 Å². The van der Waals surface area contributed by atoms with Crippen molar-refractivity contribution in [1.29, 1.82) is 0 Å². The molecule has 1 fully saturated rings. The predicted octanol–water partition coefficient (Wildman–Crippen LogP) is 2.74. The van der Waals surface area contributed by atoms with Gasteiger partial charge in [-0.05, 0) is 60.7 Å². The molecule has 11 heteroatoms. The molecule has 4 rings (SSSR count). The number of urea groups is 1. The molecular weight excluding hydrogens is 477 g/mol. The van der Waals surface area contributed by atoms with Crippen LogP contribution in [0.1, 0.15) is 36.1 Å². The van der Waals surface area contributed by atoms with Crippen LogP contribution in [0.5, 0.6) is 0 Å². The molecule has 1 aliphatic heterocycles. The number of nitrogen functional groups attached to an aromatic ring is 1. The number of anilines is 2. The maximum atomic E-state index is 13.9. The fourth-order valence-electron chi connectivity index (χ4n) is 4.63. The Hall–Kier alpha value is -4.28. The Kier molecular flexibility index (Phi) is 7.23. The second kappa shape index (κ2) is 10.4. The van der Waals surface area contributed by atoms with Crippen molar-refractivity contribution in [3.8, 4) is 0 Å². The summed E-state index contributed by atoms with van der Waals surface area (Å²) in [4.78, 5) is 46.5. The number of halogens is 1. The van der Waals surface area contributed by atoms with Crippen LogP contribution in [-0.2, 0) is 23.1 Å². The number of nitrogens with zero attached hydrogens (tertiary/aromatic N) is 5. The lowest BCUT2D eigenvalue weighted by Crippen LogP contribution is -2.70. The molecule has 3 N–H and O–H groups in total. The predicted molar refractivity (Wildman–Crippen MR) is 136 cm³/mol. The Bertz CT molecular complexity index is 1340. The SMILES string of the molecule is CC[C@@H](NC(=O)N1C(=O)[C@H](Cc2ccnc(N)c2)[C@H]1C(=O)N(C)c1ccn(C)n1)c1cc(F)ccc1C. The number of rotatable bonds is 7. The van der Waals surface area contributed by atoms with Crippen LogP contribution in [0.2, 0.25) is 0 Å². The molecule has 3 heterocycles. The van der Waals surface area contributed by atoms with Gasteiger partial charge in [0, 0.05) is 32.6 Å². The maximum absolute atomic E-state index is 13.9. The van der Waals surface area contributed by atoms with Crippen molar-refractivity contribution in [3.63, 3.8) is 0 Å². The number of carbonyl (C=O) groups excluding carboxylic acids is 3. The number of amides is 4. The highest BCUT2D eigenvalue weighted by molar-refractivity contribution is 6.12. The second-order valence-corrected chi connectivity index (χ2v) is 9.21. The summed E-state index contributed by atoms with van der Waals surface area (Å²) in [6, 6.07) is 7.08. The van der Waals surface area contributed by atoms with Gasteiger partial charge in [0.1, 0.15) is 17.7 Å². The Balaban J connectivity index is 1.61. The Morgan fingerprint density at radius 1 is 1.24 bits per heavy atom. The van der Waals surface area contributed by atoms with Gasteiger partial charge < -0.3 is 11.1 Å². The zero-order chi connectivity index (χ0) is 26.9. The molecule has 2 aromatic heterocycles. The van der Waals surface area contributed by atoms with E-state index in [1.807, 2.05) is 13.8 Å². The lowest BCUT2D eigenvalue weighted by atomic mass is 9.81. The fraction of sp³-hybridized carbons (Fsp3) is 0.346. The van der Waals surface area contributed by atoms with Crippen molar-refractivity contribution < 1.29 is 18.8 Å². The van der Waals surface area contributed by atoms with Crippen LogP contribution in [0.15, 0.2) is 48.8 Å². The highest BCUT2D eigenvalue weighted by Crippen LogP contribution is 2.33. The first kappa shape index (κ1) is 25.8. The van der Waals surface area contributed by atoms with Gasteiger partial charge in [0.25, 0.3) is 5.91 Å². The minimum absolute atomic E-state index is 0.210. The number of hydrogen-bond donors (Lipinski definition) is 2. The van der Waals surface area contributed by atoms with Crippen LogP contribution in [-0.4, -0.2) is 50.6 Å². The Labute approximate surface area is 214 Å². The van der Waals surface area contributed by atoms with Crippen molar-refractivity contribution in [3.05, 3.63) is 71.3 Å². The van der Waals surface area contributed by atoms with E-state index in [-0.39, 0.29) is 6.42 Å². The average Bonchev–Trinajstić information content (AvgIpc) is 3.31. The molecule has 3 aromatic rings. The lowest BCUT2D eigenvalue weighted by Gasteiger charge is -2.45. The standard InChI is InChI=1S/C26H30FN7O3/c1-5-20(18-14-17(27)7-6-15(18)2)30-26(37)34-23(25(36)33(4)22-9-11-32(3)31-22)19(24(34)35)12-16-8-10-29-21(28)13-16/h6-11,13-14,19-20,23H,5,12H2,1-4H3,(H2,28,29)(H,30,37)/t19-,20-,23+/m1/s1. The van der Waals surface area contributed by atoms with Gasteiger partial charge in [-0.15, -0.1) is 0 Å². The summed E-state index contributed by atoms with van der Waals surface area (Å²) in [6.07, 6.45) is 3.90. The first-order valence-corrected chi connectivity index (χ1v) is 12.0. The summed E-state index contributed by atoms with van der Waals surface area (Å²) in [7, 11) is 3.28. The van der Waals surface area contributed by atoms with Crippen LogP contribution in [0.4, 0.5) is 20.8 Å². The van der Waals surface area contributed by atoms with E-state index in [0.717, 1.165) is 16.0 Å². The Morgan fingerprint density at radius 3 is 2.65 bits per heavy atom. The first-order valence-electron chi connectivity index (χ1n) is 12.0. The van der Waals surface area contributed by atoms with Gasteiger partial charge in [0.05, 0.1) is 12.0 Å². The van der Waals surface area contributed by atoms with Gasteiger partial charge in [0.2, 0.25) is 5.91 Å². The van der Waals surface area contributed by atoms with E-state index in [2.05, 4.69) is 15.4 Å². The van der Waals surface area contributed by atoms with Crippen molar-refractivity contribution in [2.75, 3.05) is 17.7 Å². The summed E-state index contributed by atoms with van der Waals surface area (Å²) in [6.45, 7) is 3.67. The molecule has 0 spiro atoms. The molecule has 194 valence electrons. The number of hydrogen-bond acceptors (Lipinski definition) is 6.